The number of anilines is 1. The van der Waals surface area contributed by atoms with Gasteiger partial charge in [0.05, 0.1) is 17.3 Å². The van der Waals surface area contributed by atoms with Crippen molar-refractivity contribution in [1.29, 1.82) is 0 Å². The Morgan fingerprint density at radius 3 is 2.46 bits per heavy atom. The van der Waals surface area contributed by atoms with Gasteiger partial charge in [-0.1, -0.05) is 18.2 Å². The summed E-state index contributed by atoms with van der Waals surface area (Å²) in [7, 11) is 3.21. The number of hydrogen-bond donors (Lipinski definition) is 1. The molecule has 1 fully saturated rings. The molecule has 1 aliphatic rings. The molecule has 1 aliphatic heterocycles. The van der Waals surface area contributed by atoms with Gasteiger partial charge in [-0.15, -0.1) is 0 Å². The molecule has 8 heteroatoms. The first-order valence-corrected chi connectivity index (χ1v) is 9.50. The van der Waals surface area contributed by atoms with E-state index in [-0.39, 0.29) is 11.7 Å². The van der Waals surface area contributed by atoms with Crippen LogP contribution < -0.4 is 9.64 Å². The molecule has 1 amide bonds. The van der Waals surface area contributed by atoms with Crippen LogP contribution in [-0.2, 0) is 4.79 Å². The highest BCUT2D eigenvalue weighted by atomic mass is 79.9. The van der Waals surface area contributed by atoms with Gasteiger partial charge in [-0.2, -0.15) is 0 Å². The minimum atomic E-state index is -0.223. The summed E-state index contributed by atoms with van der Waals surface area (Å²) in [4.78, 5) is 16.1. The van der Waals surface area contributed by atoms with E-state index in [1.165, 1.54) is 12.0 Å². The molecule has 5 nitrogen and oxygen atoms in total. The fraction of sp³-hybridized carbons (Fsp3) is 0.111. The average molecular weight is 498 g/mol. The lowest BCUT2D eigenvalue weighted by molar-refractivity contribution is -0.114. The van der Waals surface area contributed by atoms with Crippen LogP contribution in [0.25, 0.3) is 6.08 Å². The number of rotatable bonds is 3. The fourth-order valence-electron chi connectivity index (χ4n) is 2.58. The third kappa shape index (κ3) is 3.13. The van der Waals surface area contributed by atoms with E-state index in [4.69, 9.17) is 17.0 Å². The second kappa shape index (κ2) is 7.38. The van der Waals surface area contributed by atoms with E-state index in [0.717, 1.165) is 0 Å². The number of nitrogens with zero attached hydrogens (tertiary/aromatic N) is 2. The van der Waals surface area contributed by atoms with E-state index in [2.05, 4.69) is 31.9 Å². The molecular weight excluding hydrogens is 484 g/mol. The molecule has 0 unspecified atom stereocenters. The van der Waals surface area contributed by atoms with Crippen molar-refractivity contribution in [2.24, 2.45) is 0 Å². The number of benzene rings is 2. The van der Waals surface area contributed by atoms with Crippen LogP contribution in [0, 0.1) is 0 Å². The minimum absolute atomic E-state index is 0.0194. The normalized spacial score (nSPS) is 15.9. The number of carbonyl (C=O) groups excluding carboxylic acids is 1. The zero-order valence-corrected chi connectivity index (χ0v) is 17.9. The van der Waals surface area contributed by atoms with Crippen LogP contribution in [0.2, 0.25) is 0 Å². The van der Waals surface area contributed by atoms with Crippen LogP contribution in [0.3, 0.4) is 0 Å². The molecule has 0 aromatic heterocycles. The maximum atomic E-state index is 13.0. The van der Waals surface area contributed by atoms with Gasteiger partial charge in [0.25, 0.3) is 5.91 Å². The van der Waals surface area contributed by atoms with E-state index < -0.39 is 0 Å². The van der Waals surface area contributed by atoms with Crippen molar-refractivity contribution in [3.8, 4) is 11.5 Å². The second-order valence-corrected chi connectivity index (χ2v) is 7.44. The van der Waals surface area contributed by atoms with E-state index in [9.17, 15) is 9.90 Å². The number of phenolic OH excluding ortho intramolecular Hbond substituents is 1. The summed E-state index contributed by atoms with van der Waals surface area (Å²) in [6.45, 7) is 0. The molecule has 0 aliphatic carbocycles. The molecular formula is C18H14Br2N2O3S. The standard InChI is InChI=1S/C18H14Br2N2O3S/c1-21-12(8-10-9-13(25-2)16(23)15(20)14(10)19)17(24)22(18(21)26)11-6-4-3-5-7-11/h3-9,23H,1-2H3/b12-8-. The lowest BCUT2D eigenvalue weighted by Crippen LogP contribution is -2.30. The van der Waals surface area contributed by atoms with Gasteiger partial charge in [-0.05, 0) is 73.9 Å². The molecule has 1 N–H and O–H groups in total. The predicted octanol–water partition coefficient (Wildman–Crippen LogP) is 4.53. The highest BCUT2D eigenvalue weighted by molar-refractivity contribution is 9.13. The molecule has 0 radical (unpaired) electrons. The number of thiocarbonyl (C=S) groups is 1. The Morgan fingerprint density at radius 1 is 1.19 bits per heavy atom. The maximum Gasteiger partial charge on any atom is 0.281 e. The second-order valence-electron chi connectivity index (χ2n) is 5.49. The number of methoxy groups -OCH3 is 1. The van der Waals surface area contributed by atoms with Crippen LogP contribution in [0.5, 0.6) is 11.5 Å². The summed E-state index contributed by atoms with van der Waals surface area (Å²) in [5, 5.41) is 10.5. The summed E-state index contributed by atoms with van der Waals surface area (Å²) in [5.41, 5.74) is 1.79. The van der Waals surface area contributed by atoms with Gasteiger partial charge in [-0.3, -0.25) is 9.69 Å². The predicted molar refractivity (Wildman–Crippen MR) is 112 cm³/mol. The van der Waals surface area contributed by atoms with Gasteiger partial charge in [0, 0.05) is 11.5 Å². The maximum absolute atomic E-state index is 13.0. The Balaban J connectivity index is 2.09. The van der Waals surface area contributed by atoms with Gasteiger partial charge in [0.2, 0.25) is 0 Å². The van der Waals surface area contributed by atoms with Gasteiger partial charge < -0.3 is 14.7 Å². The van der Waals surface area contributed by atoms with E-state index in [1.807, 2.05) is 30.3 Å². The zero-order chi connectivity index (χ0) is 19.0. The first-order chi connectivity index (χ1) is 12.4. The molecule has 0 spiro atoms. The van der Waals surface area contributed by atoms with E-state index >= 15 is 0 Å². The Hall–Kier alpha value is -1.90. The number of ether oxygens (including phenoxy) is 1. The van der Waals surface area contributed by atoms with Crippen molar-refractivity contribution in [1.82, 2.24) is 4.90 Å². The van der Waals surface area contributed by atoms with Crippen LogP contribution in [-0.4, -0.2) is 35.2 Å². The highest BCUT2D eigenvalue weighted by Gasteiger charge is 2.36. The van der Waals surface area contributed by atoms with Crippen LogP contribution in [0.1, 0.15) is 5.56 Å². The molecule has 3 rings (SSSR count). The molecule has 1 saturated heterocycles. The minimum Gasteiger partial charge on any atom is -0.503 e. The van der Waals surface area contributed by atoms with Gasteiger partial charge in [-0.25, -0.2) is 0 Å². The largest absolute Gasteiger partial charge is 0.503 e. The lowest BCUT2D eigenvalue weighted by atomic mass is 10.1. The molecule has 0 atom stereocenters. The number of halogens is 2. The van der Waals surface area contributed by atoms with E-state index in [0.29, 0.717) is 36.8 Å². The Morgan fingerprint density at radius 2 is 1.85 bits per heavy atom. The van der Waals surface area contributed by atoms with Crippen molar-refractivity contribution in [2.75, 3.05) is 19.1 Å². The summed E-state index contributed by atoms with van der Waals surface area (Å²) in [6, 6.07) is 10.9. The van der Waals surface area contributed by atoms with Crippen LogP contribution in [0.15, 0.2) is 51.0 Å². The molecule has 2 aromatic carbocycles. The fourth-order valence-corrected chi connectivity index (χ4v) is 3.71. The molecule has 26 heavy (non-hydrogen) atoms. The number of para-hydroxylation sites is 1. The number of aromatic hydroxyl groups is 1. The smallest absolute Gasteiger partial charge is 0.281 e. The summed E-state index contributed by atoms with van der Waals surface area (Å²) >= 11 is 12.2. The average Bonchev–Trinajstić information content (AvgIpc) is 2.86. The quantitative estimate of drug-likeness (QED) is 0.498. The Kier molecular flexibility index (Phi) is 5.36. The van der Waals surface area contributed by atoms with E-state index in [1.54, 1.807) is 24.1 Å². The first-order valence-electron chi connectivity index (χ1n) is 7.50. The number of carbonyl (C=O) groups is 1. The van der Waals surface area contributed by atoms with Crippen LogP contribution >= 0.6 is 44.1 Å². The summed E-state index contributed by atoms with van der Waals surface area (Å²) < 4.78 is 6.24. The van der Waals surface area contributed by atoms with Gasteiger partial charge >= 0.3 is 0 Å². The van der Waals surface area contributed by atoms with Crippen molar-refractivity contribution < 1.29 is 14.6 Å². The Labute approximate surface area is 173 Å². The molecule has 2 aromatic rings. The third-order valence-electron chi connectivity index (χ3n) is 3.96. The van der Waals surface area contributed by atoms with Crippen molar-refractivity contribution in [2.45, 2.75) is 0 Å². The first kappa shape index (κ1) is 18.9. The van der Waals surface area contributed by atoms with Crippen molar-refractivity contribution >= 4 is 66.9 Å². The monoisotopic (exact) mass is 496 g/mol. The van der Waals surface area contributed by atoms with Gasteiger partial charge in [0.1, 0.15) is 5.70 Å². The van der Waals surface area contributed by atoms with Crippen LogP contribution in [0.4, 0.5) is 5.69 Å². The molecule has 134 valence electrons. The Bertz CT molecular complexity index is 932. The summed E-state index contributed by atoms with van der Waals surface area (Å²) in [6.07, 6.45) is 1.70. The molecule has 0 saturated carbocycles. The van der Waals surface area contributed by atoms with Gasteiger partial charge in [0.15, 0.2) is 16.6 Å². The summed E-state index contributed by atoms with van der Waals surface area (Å²) in [5.74, 6) is 0.0512. The lowest BCUT2D eigenvalue weighted by Gasteiger charge is -2.16. The van der Waals surface area contributed by atoms with Crippen molar-refractivity contribution in [3.05, 3.63) is 56.6 Å². The molecule has 1 heterocycles. The number of likely N-dealkylation sites (N-methyl/N-ethyl adjacent to an activating group) is 1. The number of hydrogen-bond acceptors (Lipinski definition) is 4. The molecule has 0 bridgehead atoms. The SMILES string of the molecule is COc1cc(/C=C2/C(=O)N(c3ccccc3)C(=S)N2C)c(Br)c(Br)c1O. The highest BCUT2D eigenvalue weighted by Crippen LogP contribution is 2.43. The zero-order valence-electron chi connectivity index (χ0n) is 13.9. The third-order valence-corrected chi connectivity index (χ3v) is 6.58. The number of phenols is 1. The van der Waals surface area contributed by atoms with Crippen molar-refractivity contribution in [3.63, 3.8) is 0 Å². The number of amides is 1. The topological polar surface area (TPSA) is 53.0 Å².